The molecular weight excluding hydrogens is 352 g/mol. The van der Waals surface area contributed by atoms with E-state index in [1.54, 1.807) is 0 Å². The SMILES string of the molecule is COC(=O)CCc1ccccc1OCc1cccc(Oc2ccccc2C)c1. The van der Waals surface area contributed by atoms with Crippen LogP contribution in [0.15, 0.2) is 72.8 Å². The minimum atomic E-state index is -0.226. The lowest BCUT2D eigenvalue weighted by Gasteiger charge is -2.13. The van der Waals surface area contributed by atoms with Crippen LogP contribution in [0, 0.1) is 6.92 Å². The third-order valence-corrected chi connectivity index (χ3v) is 4.41. The molecule has 0 atom stereocenters. The van der Waals surface area contributed by atoms with Gasteiger partial charge in [0.05, 0.1) is 7.11 Å². The Hall–Kier alpha value is -3.27. The van der Waals surface area contributed by atoms with E-state index in [-0.39, 0.29) is 5.97 Å². The topological polar surface area (TPSA) is 44.8 Å². The number of ether oxygens (including phenoxy) is 3. The summed E-state index contributed by atoms with van der Waals surface area (Å²) in [4.78, 5) is 11.4. The van der Waals surface area contributed by atoms with Gasteiger partial charge < -0.3 is 14.2 Å². The van der Waals surface area contributed by atoms with Gasteiger partial charge in [0.25, 0.3) is 0 Å². The summed E-state index contributed by atoms with van der Waals surface area (Å²) >= 11 is 0. The van der Waals surface area contributed by atoms with Crippen molar-refractivity contribution in [1.82, 2.24) is 0 Å². The van der Waals surface area contributed by atoms with Crippen molar-refractivity contribution < 1.29 is 19.0 Å². The summed E-state index contributed by atoms with van der Waals surface area (Å²) in [5.41, 5.74) is 3.08. The zero-order chi connectivity index (χ0) is 19.8. The van der Waals surface area contributed by atoms with E-state index in [0.717, 1.165) is 33.9 Å². The molecule has 0 radical (unpaired) electrons. The second-order valence-corrected chi connectivity index (χ2v) is 6.49. The Morgan fingerprint density at radius 3 is 2.43 bits per heavy atom. The maximum absolute atomic E-state index is 11.4. The summed E-state index contributed by atoms with van der Waals surface area (Å²) in [6.45, 7) is 2.44. The van der Waals surface area contributed by atoms with Gasteiger partial charge in [0.2, 0.25) is 0 Å². The normalized spacial score (nSPS) is 10.4. The first-order valence-electron chi connectivity index (χ1n) is 9.25. The van der Waals surface area contributed by atoms with Crippen LogP contribution < -0.4 is 9.47 Å². The van der Waals surface area contributed by atoms with E-state index in [0.29, 0.717) is 19.4 Å². The van der Waals surface area contributed by atoms with Crippen molar-refractivity contribution in [2.24, 2.45) is 0 Å². The van der Waals surface area contributed by atoms with Crippen molar-refractivity contribution in [3.63, 3.8) is 0 Å². The monoisotopic (exact) mass is 376 g/mol. The average molecular weight is 376 g/mol. The summed E-state index contributed by atoms with van der Waals surface area (Å²) in [6, 6.07) is 23.5. The fraction of sp³-hybridized carbons (Fsp3) is 0.208. The molecule has 0 fully saturated rings. The molecule has 3 aromatic rings. The molecule has 28 heavy (non-hydrogen) atoms. The van der Waals surface area contributed by atoms with Crippen LogP contribution in [0.5, 0.6) is 17.2 Å². The number of rotatable bonds is 8. The predicted octanol–water partition coefficient (Wildman–Crippen LogP) is 5.47. The fourth-order valence-electron chi connectivity index (χ4n) is 2.85. The maximum Gasteiger partial charge on any atom is 0.305 e. The molecule has 0 N–H and O–H groups in total. The molecule has 144 valence electrons. The molecule has 0 aliphatic heterocycles. The van der Waals surface area contributed by atoms with Crippen molar-refractivity contribution in [2.45, 2.75) is 26.4 Å². The molecule has 0 bridgehead atoms. The quantitative estimate of drug-likeness (QED) is 0.489. The van der Waals surface area contributed by atoms with Crippen LogP contribution >= 0.6 is 0 Å². The zero-order valence-corrected chi connectivity index (χ0v) is 16.2. The van der Waals surface area contributed by atoms with Crippen LogP contribution in [0.1, 0.15) is 23.1 Å². The second-order valence-electron chi connectivity index (χ2n) is 6.49. The van der Waals surface area contributed by atoms with E-state index in [4.69, 9.17) is 14.2 Å². The molecule has 0 amide bonds. The summed E-state index contributed by atoms with van der Waals surface area (Å²) in [5.74, 6) is 2.16. The Labute approximate surface area is 165 Å². The highest BCUT2D eigenvalue weighted by Crippen LogP contribution is 2.26. The number of carbonyl (C=O) groups excluding carboxylic acids is 1. The van der Waals surface area contributed by atoms with E-state index < -0.39 is 0 Å². The first-order chi connectivity index (χ1) is 13.7. The minimum absolute atomic E-state index is 0.226. The van der Waals surface area contributed by atoms with Gasteiger partial charge in [-0.15, -0.1) is 0 Å². The first-order valence-corrected chi connectivity index (χ1v) is 9.25. The van der Waals surface area contributed by atoms with Crippen molar-refractivity contribution in [3.05, 3.63) is 89.5 Å². The molecule has 4 heteroatoms. The Morgan fingerprint density at radius 1 is 0.893 bits per heavy atom. The highest BCUT2D eigenvalue weighted by molar-refractivity contribution is 5.69. The Kier molecular flexibility index (Phi) is 6.68. The number of benzene rings is 3. The summed E-state index contributed by atoms with van der Waals surface area (Å²) in [6.07, 6.45) is 0.913. The molecular formula is C24H24O4. The van der Waals surface area contributed by atoms with Crippen molar-refractivity contribution in [1.29, 1.82) is 0 Å². The molecule has 0 unspecified atom stereocenters. The van der Waals surface area contributed by atoms with Crippen LogP contribution in [0.4, 0.5) is 0 Å². The molecule has 0 heterocycles. The van der Waals surface area contributed by atoms with Gasteiger partial charge in [0.15, 0.2) is 0 Å². The van der Waals surface area contributed by atoms with Gasteiger partial charge in [-0.05, 0) is 54.3 Å². The molecule has 3 aromatic carbocycles. The van der Waals surface area contributed by atoms with Crippen molar-refractivity contribution in [3.8, 4) is 17.2 Å². The summed E-state index contributed by atoms with van der Waals surface area (Å²) in [5, 5.41) is 0. The van der Waals surface area contributed by atoms with Gasteiger partial charge in [-0.1, -0.05) is 48.5 Å². The highest BCUT2D eigenvalue weighted by Gasteiger charge is 2.08. The number of para-hydroxylation sites is 2. The third-order valence-electron chi connectivity index (χ3n) is 4.41. The van der Waals surface area contributed by atoms with Crippen LogP contribution in [-0.4, -0.2) is 13.1 Å². The number of aryl methyl sites for hydroxylation is 2. The number of esters is 1. The first kappa shape index (κ1) is 19.5. The minimum Gasteiger partial charge on any atom is -0.489 e. The van der Waals surface area contributed by atoms with Gasteiger partial charge in [-0.3, -0.25) is 4.79 Å². The van der Waals surface area contributed by atoms with E-state index in [1.165, 1.54) is 7.11 Å². The second kappa shape index (κ2) is 9.60. The summed E-state index contributed by atoms with van der Waals surface area (Å²) < 4.78 is 16.7. The largest absolute Gasteiger partial charge is 0.489 e. The lowest BCUT2D eigenvalue weighted by atomic mass is 10.1. The smallest absolute Gasteiger partial charge is 0.305 e. The van der Waals surface area contributed by atoms with Gasteiger partial charge in [-0.25, -0.2) is 0 Å². The molecule has 4 nitrogen and oxygen atoms in total. The fourth-order valence-corrected chi connectivity index (χ4v) is 2.85. The number of hydrogen-bond donors (Lipinski definition) is 0. The van der Waals surface area contributed by atoms with Crippen LogP contribution in [-0.2, 0) is 22.6 Å². The zero-order valence-electron chi connectivity index (χ0n) is 16.2. The van der Waals surface area contributed by atoms with Crippen LogP contribution in [0.2, 0.25) is 0 Å². The van der Waals surface area contributed by atoms with E-state index in [2.05, 4.69) is 0 Å². The molecule has 0 spiro atoms. The Balaban J connectivity index is 1.65. The Morgan fingerprint density at radius 2 is 1.64 bits per heavy atom. The Bertz CT molecular complexity index is 933. The van der Waals surface area contributed by atoms with Gasteiger partial charge in [0, 0.05) is 6.42 Å². The van der Waals surface area contributed by atoms with Crippen molar-refractivity contribution in [2.75, 3.05) is 7.11 Å². The average Bonchev–Trinajstić information content (AvgIpc) is 2.73. The van der Waals surface area contributed by atoms with E-state index >= 15 is 0 Å². The molecule has 0 saturated heterocycles. The van der Waals surface area contributed by atoms with Gasteiger partial charge in [0.1, 0.15) is 23.9 Å². The lowest BCUT2D eigenvalue weighted by molar-refractivity contribution is -0.140. The van der Waals surface area contributed by atoms with Gasteiger partial charge >= 0.3 is 5.97 Å². The third kappa shape index (κ3) is 5.36. The van der Waals surface area contributed by atoms with E-state index in [9.17, 15) is 4.79 Å². The standard InChI is InChI=1S/C24H24O4/c1-18-8-3-5-12-22(18)28-21-11-7-9-19(16-21)17-27-23-13-6-4-10-20(23)14-15-24(25)26-2/h3-13,16H,14-15,17H2,1-2H3. The van der Waals surface area contributed by atoms with Gasteiger partial charge in [-0.2, -0.15) is 0 Å². The number of hydrogen-bond acceptors (Lipinski definition) is 4. The lowest BCUT2D eigenvalue weighted by Crippen LogP contribution is -2.04. The van der Waals surface area contributed by atoms with Crippen LogP contribution in [0.25, 0.3) is 0 Å². The number of methoxy groups -OCH3 is 1. The predicted molar refractivity (Wildman–Crippen MR) is 109 cm³/mol. The van der Waals surface area contributed by atoms with Crippen molar-refractivity contribution >= 4 is 5.97 Å². The molecule has 0 aromatic heterocycles. The molecule has 3 rings (SSSR count). The van der Waals surface area contributed by atoms with E-state index in [1.807, 2.05) is 79.7 Å². The number of carbonyl (C=O) groups is 1. The molecule has 0 saturated carbocycles. The maximum atomic E-state index is 11.4. The molecule has 0 aliphatic rings. The van der Waals surface area contributed by atoms with Crippen LogP contribution in [0.3, 0.4) is 0 Å². The highest BCUT2D eigenvalue weighted by atomic mass is 16.5. The molecule has 0 aliphatic carbocycles. The summed E-state index contributed by atoms with van der Waals surface area (Å²) in [7, 11) is 1.40.